The number of hydrogen-bond donors (Lipinski definition) is 3. The van der Waals surface area contributed by atoms with E-state index in [-0.39, 0.29) is 18.3 Å². The van der Waals surface area contributed by atoms with E-state index in [0.717, 1.165) is 6.42 Å². The molecule has 1 amide bonds. The van der Waals surface area contributed by atoms with Crippen LogP contribution < -0.4 is 11.1 Å². The van der Waals surface area contributed by atoms with E-state index in [1.54, 1.807) is 6.07 Å². The molecule has 0 aliphatic carbocycles. The van der Waals surface area contributed by atoms with Crippen molar-refractivity contribution in [2.75, 3.05) is 0 Å². The fraction of sp³-hybridized carbons (Fsp3) is 0.385. The molecule has 2 rings (SSSR count). The van der Waals surface area contributed by atoms with Gasteiger partial charge >= 0.3 is 0 Å². The van der Waals surface area contributed by atoms with Crippen molar-refractivity contribution < 1.29 is 9.18 Å². The molecule has 4 N–H and O–H groups in total. The van der Waals surface area contributed by atoms with Gasteiger partial charge in [0.1, 0.15) is 11.6 Å². The summed E-state index contributed by atoms with van der Waals surface area (Å²) in [5.41, 5.74) is 6.98. The molecule has 1 unspecified atom stereocenters. The molecule has 1 atom stereocenters. The molecule has 1 heterocycles. The molecule has 0 fully saturated rings. The molecule has 2 aromatic rings. The maximum atomic E-state index is 13.0. The summed E-state index contributed by atoms with van der Waals surface area (Å²) in [4.78, 5) is 18.8. The van der Waals surface area contributed by atoms with E-state index in [2.05, 4.69) is 15.3 Å². The monoisotopic (exact) mass is 264 g/mol. The summed E-state index contributed by atoms with van der Waals surface area (Å²) in [6.45, 7) is 2.23. The van der Waals surface area contributed by atoms with Crippen LogP contribution in [0, 0.1) is 5.82 Å². The highest BCUT2D eigenvalue weighted by Crippen LogP contribution is 2.12. The van der Waals surface area contributed by atoms with E-state index < -0.39 is 6.04 Å². The zero-order valence-electron chi connectivity index (χ0n) is 10.7. The van der Waals surface area contributed by atoms with Gasteiger partial charge in [-0.25, -0.2) is 9.37 Å². The Morgan fingerprint density at radius 1 is 1.58 bits per heavy atom. The third-order valence-corrected chi connectivity index (χ3v) is 2.86. The fourth-order valence-electron chi connectivity index (χ4n) is 1.86. The first kappa shape index (κ1) is 13.5. The summed E-state index contributed by atoms with van der Waals surface area (Å²) in [6, 6.07) is 3.82. The van der Waals surface area contributed by atoms with Gasteiger partial charge in [0.2, 0.25) is 5.91 Å². The molecule has 0 spiro atoms. The van der Waals surface area contributed by atoms with Crippen LogP contribution in [0.1, 0.15) is 25.6 Å². The lowest BCUT2D eigenvalue weighted by Gasteiger charge is -2.09. The van der Waals surface area contributed by atoms with E-state index in [1.807, 2.05) is 6.92 Å². The molecule has 102 valence electrons. The molecule has 0 saturated heterocycles. The Hall–Kier alpha value is -1.95. The van der Waals surface area contributed by atoms with Crippen LogP contribution in [0.5, 0.6) is 0 Å². The molecule has 5 nitrogen and oxygen atoms in total. The predicted octanol–water partition coefficient (Wildman–Crippen LogP) is 1.45. The topological polar surface area (TPSA) is 83.8 Å². The molecule has 1 aromatic carbocycles. The molecular weight excluding hydrogens is 247 g/mol. The third kappa shape index (κ3) is 3.29. The Kier molecular flexibility index (Phi) is 4.11. The number of aromatic amines is 1. The standard InChI is InChI=1S/C13H17FN4O/c1-2-3-9(15)13(19)16-7-12-17-10-5-4-8(14)6-11(10)18-12/h4-6,9H,2-3,7,15H2,1H3,(H,16,19)(H,17,18). The number of nitrogens with two attached hydrogens (primary N) is 1. The van der Waals surface area contributed by atoms with Gasteiger partial charge in [0, 0.05) is 0 Å². The van der Waals surface area contributed by atoms with Crippen molar-refractivity contribution in [3.8, 4) is 0 Å². The van der Waals surface area contributed by atoms with Crippen molar-refractivity contribution in [1.29, 1.82) is 0 Å². The molecule has 0 saturated carbocycles. The van der Waals surface area contributed by atoms with Crippen LogP contribution in [0.15, 0.2) is 18.2 Å². The van der Waals surface area contributed by atoms with Gasteiger partial charge in [0.05, 0.1) is 23.6 Å². The molecule has 6 heteroatoms. The summed E-state index contributed by atoms with van der Waals surface area (Å²) in [5.74, 6) is 0.0582. The SMILES string of the molecule is CCCC(N)C(=O)NCc1nc2ccc(F)cc2[nH]1. The lowest BCUT2D eigenvalue weighted by molar-refractivity contribution is -0.122. The Morgan fingerprint density at radius 2 is 2.37 bits per heavy atom. The maximum Gasteiger partial charge on any atom is 0.237 e. The predicted molar refractivity (Wildman–Crippen MR) is 70.8 cm³/mol. The van der Waals surface area contributed by atoms with Crippen molar-refractivity contribution in [1.82, 2.24) is 15.3 Å². The van der Waals surface area contributed by atoms with Gasteiger partial charge in [-0.2, -0.15) is 0 Å². The minimum Gasteiger partial charge on any atom is -0.348 e. The molecule has 0 bridgehead atoms. The second-order valence-corrected chi connectivity index (χ2v) is 4.46. The van der Waals surface area contributed by atoms with Crippen LogP contribution in [-0.4, -0.2) is 21.9 Å². The average Bonchev–Trinajstić information content (AvgIpc) is 2.78. The number of benzene rings is 1. The average molecular weight is 264 g/mol. The highest BCUT2D eigenvalue weighted by Gasteiger charge is 2.12. The Bertz CT molecular complexity index is 581. The summed E-state index contributed by atoms with van der Waals surface area (Å²) in [5, 5.41) is 2.71. The maximum absolute atomic E-state index is 13.0. The van der Waals surface area contributed by atoms with Crippen molar-refractivity contribution in [3.63, 3.8) is 0 Å². The van der Waals surface area contributed by atoms with Crippen LogP contribution >= 0.6 is 0 Å². The first-order chi connectivity index (χ1) is 9.10. The second kappa shape index (κ2) is 5.79. The third-order valence-electron chi connectivity index (χ3n) is 2.86. The van der Waals surface area contributed by atoms with Crippen molar-refractivity contribution in [2.45, 2.75) is 32.4 Å². The van der Waals surface area contributed by atoms with E-state index in [9.17, 15) is 9.18 Å². The number of amides is 1. The Morgan fingerprint density at radius 3 is 3.11 bits per heavy atom. The van der Waals surface area contributed by atoms with E-state index >= 15 is 0 Å². The number of rotatable bonds is 5. The second-order valence-electron chi connectivity index (χ2n) is 4.46. The van der Waals surface area contributed by atoms with E-state index in [4.69, 9.17) is 5.73 Å². The van der Waals surface area contributed by atoms with Crippen LogP contribution in [0.2, 0.25) is 0 Å². The van der Waals surface area contributed by atoms with Crippen LogP contribution in [0.4, 0.5) is 4.39 Å². The van der Waals surface area contributed by atoms with Gasteiger partial charge in [-0.1, -0.05) is 13.3 Å². The summed E-state index contributed by atoms with van der Waals surface area (Å²) >= 11 is 0. The number of nitrogens with one attached hydrogen (secondary N) is 2. The highest BCUT2D eigenvalue weighted by atomic mass is 19.1. The van der Waals surface area contributed by atoms with Gasteiger partial charge in [0.25, 0.3) is 0 Å². The highest BCUT2D eigenvalue weighted by molar-refractivity contribution is 5.81. The summed E-state index contributed by atoms with van der Waals surface area (Å²) in [7, 11) is 0. The molecule has 0 aliphatic rings. The first-order valence-corrected chi connectivity index (χ1v) is 6.27. The molecular formula is C13H17FN4O. The number of aromatic nitrogens is 2. The normalized spacial score (nSPS) is 12.6. The number of carbonyl (C=O) groups excluding carboxylic acids is 1. The number of fused-ring (bicyclic) bond motifs is 1. The van der Waals surface area contributed by atoms with Crippen molar-refractivity contribution >= 4 is 16.9 Å². The lowest BCUT2D eigenvalue weighted by Crippen LogP contribution is -2.40. The van der Waals surface area contributed by atoms with Gasteiger partial charge in [-0.15, -0.1) is 0 Å². The molecule has 19 heavy (non-hydrogen) atoms. The van der Waals surface area contributed by atoms with Gasteiger partial charge in [0.15, 0.2) is 0 Å². The Labute approximate surface area is 110 Å². The van der Waals surface area contributed by atoms with Crippen LogP contribution in [0.25, 0.3) is 11.0 Å². The van der Waals surface area contributed by atoms with Crippen molar-refractivity contribution in [2.24, 2.45) is 5.73 Å². The van der Waals surface area contributed by atoms with Gasteiger partial charge < -0.3 is 16.0 Å². The van der Waals surface area contributed by atoms with Crippen LogP contribution in [0.3, 0.4) is 0 Å². The van der Waals surface area contributed by atoms with E-state index in [0.29, 0.717) is 23.3 Å². The minimum atomic E-state index is -0.494. The number of H-pyrrole nitrogens is 1. The van der Waals surface area contributed by atoms with Gasteiger partial charge in [-0.3, -0.25) is 4.79 Å². The largest absolute Gasteiger partial charge is 0.348 e. The smallest absolute Gasteiger partial charge is 0.237 e. The lowest BCUT2D eigenvalue weighted by atomic mass is 10.2. The summed E-state index contributed by atoms with van der Waals surface area (Å²) < 4.78 is 13.0. The van der Waals surface area contributed by atoms with Gasteiger partial charge in [-0.05, 0) is 24.6 Å². The molecule has 1 aromatic heterocycles. The Balaban J connectivity index is 2.00. The first-order valence-electron chi connectivity index (χ1n) is 6.27. The quantitative estimate of drug-likeness (QED) is 0.764. The molecule has 0 aliphatic heterocycles. The number of carbonyl (C=O) groups is 1. The number of halogens is 1. The number of hydrogen-bond acceptors (Lipinski definition) is 3. The zero-order chi connectivity index (χ0) is 13.8. The zero-order valence-corrected chi connectivity index (χ0v) is 10.7. The number of nitrogens with zero attached hydrogens (tertiary/aromatic N) is 1. The minimum absolute atomic E-state index is 0.200. The van der Waals surface area contributed by atoms with Crippen molar-refractivity contribution in [3.05, 3.63) is 29.8 Å². The van der Waals surface area contributed by atoms with Crippen LogP contribution in [-0.2, 0) is 11.3 Å². The fourth-order valence-corrected chi connectivity index (χ4v) is 1.86. The summed E-state index contributed by atoms with van der Waals surface area (Å²) in [6.07, 6.45) is 1.51. The number of imidazole rings is 1. The van der Waals surface area contributed by atoms with E-state index in [1.165, 1.54) is 12.1 Å². The molecule has 0 radical (unpaired) electrons.